The Morgan fingerprint density at radius 2 is 1.84 bits per heavy atom. The van der Waals surface area contributed by atoms with Gasteiger partial charge in [-0.15, -0.1) is 0 Å². The van der Waals surface area contributed by atoms with Gasteiger partial charge in [0.15, 0.2) is 5.78 Å². The highest BCUT2D eigenvalue weighted by Gasteiger charge is 2.01. The van der Waals surface area contributed by atoms with E-state index in [9.17, 15) is 9.90 Å². The third-order valence-electron chi connectivity index (χ3n) is 2.84. The normalized spacial score (nSPS) is 10.8. The lowest BCUT2D eigenvalue weighted by Gasteiger charge is -2.00. The molecule has 3 nitrogen and oxygen atoms in total. The third-order valence-corrected chi connectivity index (χ3v) is 2.84. The summed E-state index contributed by atoms with van der Waals surface area (Å²) in [5.74, 6) is 0.174. The van der Waals surface area contributed by atoms with Gasteiger partial charge < -0.3 is 10.8 Å². The van der Waals surface area contributed by atoms with E-state index in [1.54, 1.807) is 42.5 Å². The van der Waals surface area contributed by atoms with E-state index in [0.29, 0.717) is 11.3 Å². The van der Waals surface area contributed by atoms with Crippen molar-refractivity contribution in [1.29, 1.82) is 0 Å². The van der Waals surface area contributed by atoms with Crippen LogP contribution in [0.5, 0.6) is 5.75 Å². The van der Waals surface area contributed by atoms with Crippen molar-refractivity contribution in [1.82, 2.24) is 0 Å². The number of nitrogens with two attached hydrogens (primary N) is 1. The Balaban J connectivity index is 2.15. The minimum absolute atomic E-state index is 0.0780. The predicted molar refractivity (Wildman–Crippen MR) is 77.1 cm³/mol. The van der Waals surface area contributed by atoms with Gasteiger partial charge in [0.2, 0.25) is 0 Å². The Morgan fingerprint density at radius 3 is 2.47 bits per heavy atom. The van der Waals surface area contributed by atoms with Crippen molar-refractivity contribution in [3.63, 3.8) is 0 Å². The summed E-state index contributed by atoms with van der Waals surface area (Å²) >= 11 is 0. The molecule has 0 bridgehead atoms. The molecule has 0 fully saturated rings. The number of rotatable bonds is 3. The second-order valence-corrected chi connectivity index (χ2v) is 4.37. The summed E-state index contributed by atoms with van der Waals surface area (Å²) in [6.07, 6.45) is 3.24. The minimum atomic E-state index is -0.0780. The molecule has 0 saturated heterocycles. The van der Waals surface area contributed by atoms with E-state index in [1.165, 1.54) is 6.08 Å². The monoisotopic (exact) mass is 253 g/mol. The molecule has 2 rings (SSSR count). The number of hydrogen-bond acceptors (Lipinski definition) is 3. The number of allylic oxidation sites excluding steroid dienone is 1. The van der Waals surface area contributed by atoms with Crippen LogP contribution < -0.4 is 5.73 Å². The molecule has 19 heavy (non-hydrogen) atoms. The first-order valence-corrected chi connectivity index (χ1v) is 5.94. The number of anilines is 1. The molecule has 0 amide bonds. The van der Waals surface area contributed by atoms with Gasteiger partial charge in [-0.1, -0.05) is 12.1 Å². The lowest BCUT2D eigenvalue weighted by Crippen LogP contribution is -1.94. The Morgan fingerprint density at radius 1 is 1.16 bits per heavy atom. The van der Waals surface area contributed by atoms with Gasteiger partial charge in [0, 0.05) is 11.3 Å². The van der Waals surface area contributed by atoms with Crippen molar-refractivity contribution in [2.45, 2.75) is 6.92 Å². The molecule has 0 aromatic heterocycles. The number of phenols is 1. The van der Waals surface area contributed by atoms with Crippen molar-refractivity contribution < 1.29 is 9.90 Å². The molecule has 0 radical (unpaired) electrons. The zero-order valence-corrected chi connectivity index (χ0v) is 10.6. The maximum atomic E-state index is 11.9. The number of carbonyl (C=O) groups is 1. The van der Waals surface area contributed by atoms with Gasteiger partial charge in [-0.3, -0.25) is 4.79 Å². The third kappa shape index (κ3) is 3.22. The molecule has 0 aliphatic heterocycles. The van der Waals surface area contributed by atoms with Crippen molar-refractivity contribution in [2.24, 2.45) is 0 Å². The molecule has 96 valence electrons. The van der Waals surface area contributed by atoms with Gasteiger partial charge in [0.05, 0.1) is 0 Å². The van der Waals surface area contributed by atoms with E-state index in [-0.39, 0.29) is 11.5 Å². The lowest BCUT2D eigenvalue weighted by atomic mass is 10.1. The zero-order chi connectivity index (χ0) is 13.8. The number of benzene rings is 2. The van der Waals surface area contributed by atoms with Crippen molar-refractivity contribution >= 4 is 17.5 Å². The maximum Gasteiger partial charge on any atom is 0.185 e. The molecule has 0 unspecified atom stereocenters. The molecule has 0 saturated carbocycles. The molecular weight excluding hydrogens is 238 g/mol. The quantitative estimate of drug-likeness (QED) is 0.501. The lowest BCUT2D eigenvalue weighted by molar-refractivity contribution is 0.104. The molecule has 3 heteroatoms. The van der Waals surface area contributed by atoms with Gasteiger partial charge in [-0.2, -0.15) is 0 Å². The summed E-state index contributed by atoms with van der Waals surface area (Å²) in [5, 5.41) is 9.42. The smallest absolute Gasteiger partial charge is 0.185 e. The summed E-state index contributed by atoms with van der Waals surface area (Å²) < 4.78 is 0. The van der Waals surface area contributed by atoms with Crippen molar-refractivity contribution in [3.8, 4) is 5.75 Å². The Labute approximate surface area is 112 Å². The first-order valence-electron chi connectivity index (χ1n) is 5.94. The fourth-order valence-electron chi connectivity index (χ4n) is 1.70. The fourth-order valence-corrected chi connectivity index (χ4v) is 1.70. The number of aromatic hydroxyl groups is 1. The van der Waals surface area contributed by atoms with Gasteiger partial charge in [-0.25, -0.2) is 0 Å². The molecular formula is C16H15NO2. The molecule has 0 aliphatic carbocycles. The zero-order valence-electron chi connectivity index (χ0n) is 10.6. The summed E-state index contributed by atoms with van der Waals surface area (Å²) in [7, 11) is 0. The minimum Gasteiger partial charge on any atom is -0.508 e. The van der Waals surface area contributed by atoms with E-state index in [4.69, 9.17) is 5.73 Å². The second kappa shape index (κ2) is 5.40. The van der Waals surface area contributed by atoms with Crippen LogP contribution >= 0.6 is 0 Å². The van der Waals surface area contributed by atoms with E-state index in [1.807, 2.05) is 13.0 Å². The van der Waals surface area contributed by atoms with Crippen LogP contribution in [0, 0.1) is 6.92 Å². The van der Waals surface area contributed by atoms with Crippen LogP contribution in [0.2, 0.25) is 0 Å². The molecule has 0 heterocycles. The first-order chi connectivity index (χ1) is 9.06. The summed E-state index contributed by atoms with van der Waals surface area (Å²) in [6, 6.07) is 12.0. The highest BCUT2D eigenvalue weighted by atomic mass is 16.3. The standard InChI is InChI=1S/C16H15NO2/c1-11-10-12(2-8-15(11)18)3-9-16(19)13-4-6-14(17)7-5-13/h2-10,18H,17H2,1H3/b9-3+. The maximum absolute atomic E-state index is 11.9. The van der Waals surface area contributed by atoms with Gasteiger partial charge in [0.1, 0.15) is 5.75 Å². The molecule has 0 spiro atoms. The van der Waals surface area contributed by atoms with Crippen LogP contribution in [0.25, 0.3) is 6.08 Å². The van der Waals surface area contributed by atoms with E-state index in [2.05, 4.69) is 0 Å². The highest BCUT2D eigenvalue weighted by molar-refractivity contribution is 6.06. The highest BCUT2D eigenvalue weighted by Crippen LogP contribution is 2.18. The summed E-state index contributed by atoms with van der Waals surface area (Å²) in [6.45, 7) is 1.81. The molecule has 2 aromatic rings. The Kier molecular flexibility index (Phi) is 3.66. The predicted octanol–water partition coefficient (Wildman–Crippen LogP) is 3.18. The first kappa shape index (κ1) is 12.9. The number of aryl methyl sites for hydroxylation is 1. The van der Waals surface area contributed by atoms with Gasteiger partial charge in [-0.05, 0) is 60.5 Å². The average Bonchev–Trinajstić information content (AvgIpc) is 2.40. The molecule has 0 atom stereocenters. The van der Waals surface area contributed by atoms with E-state index in [0.717, 1.165) is 11.1 Å². The topological polar surface area (TPSA) is 63.3 Å². The number of ketones is 1. The van der Waals surface area contributed by atoms with Crippen LogP contribution in [-0.4, -0.2) is 10.9 Å². The van der Waals surface area contributed by atoms with Crippen LogP contribution in [0.3, 0.4) is 0 Å². The fraction of sp³-hybridized carbons (Fsp3) is 0.0625. The van der Waals surface area contributed by atoms with E-state index >= 15 is 0 Å². The van der Waals surface area contributed by atoms with Gasteiger partial charge >= 0.3 is 0 Å². The van der Waals surface area contributed by atoms with Crippen LogP contribution in [0.4, 0.5) is 5.69 Å². The SMILES string of the molecule is Cc1cc(/C=C/C(=O)c2ccc(N)cc2)ccc1O. The number of nitrogen functional groups attached to an aromatic ring is 1. The number of phenolic OH excluding ortho intramolecular Hbond substituents is 1. The Bertz CT molecular complexity index is 628. The number of carbonyl (C=O) groups excluding carboxylic acids is 1. The summed E-state index contributed by atoms with van der Waals surface area (Å²) in [5.41, 5.74) is 8.46. The van der Waals surface area contributed by atoms with Crippen molar-refractivity contribution in [2.75, 3.05) is 5.73 Å². The number of hydrogen-bond donors (Lipinski definition) is 2. The van der Waals surface area contributed by atoms with Crippen molar-refractivity contribution in [3.05, 3.63) is 65.2 Å². The molecule has 3 N–H and O–H groups in total. The Hall–Kier alpha value is -2.55. The second-order valence-electron chi connectivity index (χ2n) is 4.37. The van der Waals surface area contributed by atoms with E-state index < -0.39 is 0 Å². The average molecular weight is 253 g/mol. The molecule has 0 aliphatic rings. The van der Waals surface area contributed by atoms with Gasteiger partial charge in [0.25, 0.3) is 0 Å². The van der Waals surface area contributed by atoms with Crippen LogP contribution in [0.15, 0.2) is 48.5 Å². The summed E-state index contributed by atoms with van der Waals surface area (Å²) in [4.78, 5) is 11.9. The van der Waals surface area contributed by atoms with Crippen LogP contribution in [0.1, 0.15) is 21.5 Å². The molecule has 2 aromatic carbocycles. The van der Waals surface area contributed by atoms with Crippen LogP contribution in [-0.2, 0) is 0 Å². The largest absolute Gasteiger partial charge is 0.508 e.